The molecule has 0 radical (unpaired) electrons. The standard InChI is InChI=1S/C25H37N7O3/c1-18-5-2-3-6-21(18)12-14-27-23(33)7-4-13-28-25-30-17-22(32(34)35)24(31-25)29-16-20-10-8-19(15-26)9-11-20/h2-3,5-6,17,19-20H,4,7-16,26H2,1H3,(H,27,33)(H2,28,29,30,31). The third kappa shape index (κ3) is 8.47. The smallest absolute Gasteiger partial charge is 0.329 e. The zero-order valence-electron chi connectivity index (χ0n) is 20.5. The number of hydrogen-bond acceptors (Lipinski definition) is 8. The van der Waals surface area contributed by atoms with Crippen molar-refractivity contribution in [1.29, 1.82) is 0 Å². The van der Waals surface area contributed by atoms with Gasteiger partial charge in [-0.15, -0.1) is 0 Å². The summed E-state index contributed by atoms with van der Waals surface area (Å²) < 4.78 is 0. The van der Waals surface area contributed by atoms with Crippen LogP contribution >= 0.6 is 0 Å². The van der Waals surface area contributed by atoms with Gasteiger partial charge in [0.1, 0.15) is 6.20 Å². The highest BCUT2D eigenvalue weighted by atomic mass is 16.6. The molecule has 3 rings (SSSR count). The number of aromatic nitrogens is 2. The van der Waals surface area contributed by atoms with Crippen molar-refractivity contribution in [1.82, 2.24) is 15.3 Å². The van der Waals surface area contributed by atoms with Gasteiger partial charge in [0.15, 0.2) is 0 Å². The molecule has 10 heteroatoms. The molecular formula is C25H37N7O3. The maximum absolute atomic E-state index is 12.1. The van der Waals surface area contributed by atoms with E-state index >= 15 is 0 Å². The second-order valence-corrected chi connectivity index (χ2v) is 9.24. The summed E-state index contributed by atoms with van der Waals surface area (Å²) in [4.78, 5) is 31.4. The summed E-state index contributed by atoms with van der Waals surface area (Å²) in [7, 11) is 0. The summed E-state index contributed by atoms with van der Waals surface area (Å²) >= 11 is 0. The van der Waals surface area contributed by atoms with E-state index in [-0.39, 0.29) is 17.4 Å². The van der Waals surface area contributed by atoms with Crippen LogP contribution < -0.4 is 21.7 Å². The number of aryl methyl sites for hydroxylation is 1. The molecule has 1 saturated carbocycles. The van der Waals surface area contributed by atoms with E-state index in [9.17, 15) is 14.9 Å². The second-order valence-electron chi connectivity index (χ2n) is 9.24. The number of anilines is 2. The summed E-state index contributed by atoms with van der Waals surface area (Å²) in [6.07, 6.45) is 7.33. The quantitative estimate of drug-likeness (QED) is 0.192. The van der Waals surface area contributed by atoms with Gasteiger partial charge in [0, 0.05) is 26.1 Å². The summed E-state index contributed by atoms with van der Waals surface area (Å²) in [6.45, 7) is 4.52. The molecule has 1 aliphatic rings. The third-order valence-corrected chi connectivity index (χ3v) is 6.67. The topological polar surface area (TPSA) is 148 Å². The molecule has 1 aromatic heterocycles. The molecule has 0 aliphatic heterocycles. The average molecular weight is 484 g/mol. The molecule has 1 aromatic carbocycles. The van der Waals surface area contributed by atoms with Crippen LogP contribution in [0, 0.1) is 28.9 Å². The predicted molar refractivity (Wildman–Crippen MR) is 137 cm³/mol. The van der Waals surface area contributed by atoms with Crippen molar-refractivity contribution in [3.05, 3.63) is 51.7 Å². The number of nitrogens with one attached hydrogen (secondary N) is 3. The lowest BCUT2D eigenvalue weighted by atomic mass is 9.82. The maximum Gasteiger partial charge on any atom is 0.329 e. The van der Waals surface area contributed by atoms with Crippen LogP contribution in [0.2, 0.25) is 0 Å². The van der Waals surface area contributed by atoms with E-state index in [0.717, 1.165) is 38.6 Å². The van der Waals surface area contributed by atoms with Crippen molar-refractivity contribution in [2.75, 3.05) is 36.8 Å². The SMILES string of the molecule is Cc1ccccc1CCNC(=O)CCCNc1ncc([N+](=O)[O-])c(NCC2CCC(CN)CC2)n1. The van der Waals surface area contributed by atoms with Gasteiger partial charge in [-0.3, -0.25) is 14.9 Å². The van der Waals surface area contributed by atoms with Crippen molar-refractivity contribution in [3.8, 4) is 0 Å². The number of carbonyl (C=O) groups excluding carboxylic acids is 1. The molecule has 1 aliphatic carbocycles. The highest BCUT2D eigenvalue weighted by molar-refractivity contribution is 5.75. The van der Waals surface area contributed by atoms with E-state index in [1.807, 2.05) is 12.1 Å². The van der Waals surface area contributed by atoms with Crippen LogP contribution in [0.1, 0.15) is 49.7 Å². The Bertz CT molecular complexity index is 977. The molecule has 35 heavy (non-hydrogen) atoms. The normalized spacial score (nSPS) is 17.5. The summed E-state index contributed by atoms with van der Waals surface area (Å²) in [5, 5.41) is 20.6. The van der Waals surface area contributed by atoms with E-state index < -0.39 is 4.92 Å². The van der Waals surface area contributed by atoms with Gasteiger partial charge in [-0.05, 0) is 75.0 Å². The first-order chi connectivity index (χ1) is 17.0. The molecule has 0 bridgehead atoms. The highest BCUT2D eigenvalue weighted by Crippen LogP contribution is 2.29. The lowest BCUT2D eigenvalue weighted by molar-refractivity contribution is -0.384. The Balaban J connectivity index is 1.40. The Hall–Kier alpha value is -3.27. The number of nitrogens with two attached hydrogens (primary N) is 1. The van der Waals surface area contributed by atoms with Gasteiger partial charge in [-0.2, -0.15) is 4.98 Å². The van der Waals surface area contributed by atoms with Gasteiger partial charge in [-0.25, -0.2) is 4.98 Å². The molecule has 2 aromatic rings. The summed E-state index contributed by atoms with van der Waals surface area (Å²) in [5.74, 6) is 1.57. The highest BCUT2D eigenvalue weighted by Gasteiger charge is 2.22. The number of amides is 1. The van der Waals surface area contributed by atoms with E-state index in [4.69, 9.17) is 5.73 Å². The van der Waals surface area contributed by atoms with Crippen molar-refractivity contribution < 1.29 is 9.72 Å². The predicted octanol–water partition coefficient (Wildman–Crippen LogP) is 3.42. The van der Waals surface area contributed by atoms with Crippen LogP contribution in [0.25, 0.3) is 0 Å². The zero-order chi connectivity index (χ0) is 25.0. The van der Waals surface area contributed by atoms with Crippen molar-refractivity contribution in [2.24, 2.45) is 17.6 Å². The van der Waals surface area contributed by atoms with Crippen molar-refractivity contribution >= 4 is 23.4 Å². The van der Waals surface area contributed by atoms with Crippen LogP contribution in [0.4, 0.5) is 17.5 Å². The van der Waals surface area contributed by atoms with Crippen LogP contribution in [0.15, 0.2) is 30.5 Å². The number of nitrogens with zero attached hydrogens (tertiary/aromatic N) is 3. The average Bonchev–Trinajstić information content (AvgIpc) is 2.86. The van der Waals surface area contributed by atoms with Crippen molar-refractivity contribution in [2.45, 2.75) is 51.9 Å². The molecule has 1 amide bonds. The number of carbonyl (C=O) groups is 1. The minimum atomic E-state index is -0.474. The number of rotatable bonds is 13. The van der Waals surface area contributed by atoms with E-state index in [1.165, 1.54) is 17.3 Å². The number of nitro groups is 1. The maximum atomic E-state index is 12.1. The first-order valence-corrected chi connectivity index (χ1v) is 12.5. The molecule has 5 N–H and O–H groups in total. The minimum absolute atomic E-state index is 0.00304. The Morgan fingerprint density at radius 3 is 2.60 bits per heavy atom. The third-order valence-electron chi connectivity index (χ3n) is 6.67. The fourth-order valence-electron chi connectivity index (χ4n) is 4.40. The van der Waals surface area contributed by atoms with Crippen molar-refractivity contribution in [3.63, 3.8) is 0 Å². The van der Waals surface area contributed by atoms with Gasteiger partial charge in [0.2, 0.25) is 17.7 Å². The van der Waals surface area contributed by atoms with Crippen LogP contribution in [0.5, 0.6) is 0 Å². The lowest BCUT2D eigenvalue weighted by Crippen LogP contribution is -2.26. The number of benzene rings is 1. The van der Waals surface area contributed by atoms with E-state index in [1.54, 1.807) is 0 Å². The van der Waals surface area contributed by atoms with Gasteiger partial charge < -0.3 is 21.7 Å². The molecule has 190 valence electrons. The minimum Gasteiger partial charge on any atom is -0.364 e. The Labute approximate surface area is 206 Å². The monoisotopic (exact) mass is 483 g/mol. The van der Waals surface area contributed by atoms with Crippen LogP contribution in [-0.4, -0.2) is 47.0 Å². The van der Waals surface area contributed by atoms with Crippen LogP contribution in [0.3, 0.4) is 0 Å². The first-order valence-electron chi connectivity index (χ1n) is 12.5. The molecule has 0 atom stereocenters. The van der Waals surface area contributed by atoms with Gasteiger partial charge in [0.25, 0.3) is 0 Å². The fourth-order valence-corrected chi connectivity index (χ4v) is 4.40. The Morgan fingerprint density at radius 1 is 1.14 bits per heavy atom. The van der Waals surface area contributed by atoms with E-state index in [0.29, 0.717) is 50.3 Å². The molecule has 10 nitrogen and oxygen atoms in total. The molecule has 0 unspecified atom stereocenters. The van der Waals surface area contributed by atoms with E-state index in [2.05, 4.69) is 45.0 Å². The number of hydrogen-bond donors (Lipinski definition) is 4. The zero-order valence-corrected chi connectivity index (χ0v) is 20.5. The Morgan fingerprint density at radius 2 is 1.89 bits per heavy atom. The fraction of sp³-hybridized carbons (Fsp3) is 0.560. The lowest BCUT2D eigenvalue weighted by Gasteiger charge is -2.27. The van der Waals surface area contributed by atoms with Gasteiger partial charge >= 0.3 is 5.69 Å². The summed E-state index contributed by atoms with van der Waals surface area (Å²) in [6, 6.07) is 8.15. The molecule has 1 heterocycles. The Kier molecular flexibility index (Phi) is 10.2. The largest absolute Gasteiger partial charge is 0.364 e. The first kappa shape index (κ1) is 26.3. The summed E-state index contributed by atoms with van der Waals surface area (Å²) in [5.41, 5.74) is 8.08. The molecule has 0 spiro atoms. The second kappa shape index (κ2) is 13.6. The van der Waals surface area contributed by atoms with Crippen LogP contribution in [-0.2, 0) is 11.2 Å². The molecule has 0 saturated heterocycles. The molecule has 1 fully saturated rings. The molecular weight excluding hydrogens is 446 g/mol. The van der Waals surface area contributed by atoms with Gasteiger partial charge in [0.05, 0.1) is 4.92 Å². The van der Waals surface area contributed by atoms with Gasteiger partial charge in [-0.1, -0.05) is 24.3 Å².